The Balaban J connectivity index is 1.57. The summed E-state index contributed by atoms with van der Waals surface area (Å²) in [5, 5.41) is 3.23. The summed E-state index contributed by atoms with van der Waals surface area (Å²) < 4.78 is 16.9. The number of carbonyl (C=O) groups is 2. The van der Waals surface area contributed by atoms with Gasteiger partial charge in [0, 0.05) is 30.5 Å². The average molecular weight is 517 g/mol. The van der Waals surface area contributed by atoms with E-state index in [-0.39, 0.29) is 31.0 Å². The van der Waals surface area contributed by atoms with Crippen LogP contribution in [0.25, 0.3) is 0 Å². The van der Waals surface area contributed by atoms with Gasteiger partial charge in [-0.3, -0.25) is 14.6 Å². The Morgan fingerprint density at radius 2 is 1.89 bits per heavy atom. The van der Waals surface area contributed by atoms with Crippen LogP contribution >= 0.6 is 0 Å². The van der Waals surface area contributed by atoms with Gasteiger partial charge in [0.1, 0.15) is 17.5 Å². The zero-order valence-electron chi connectivity index (χ0n) is 21.5. The molecule has 2 aromatic carbocycles. The third-order valence-corrected chi connectivity index (χ3v) is 6.86. The highest BCUT2D eigenvalue weighted by Crippen LogP contribution is 2.36. The van der Waals surface area contributed by atoms with Crippen molar-refractivity contribution in [2.24, 2.45) is 0 Å². The molecule has 1 fully saturated rings. The summed E-state index contributed by atoms with van der Waals surface area (Å²) in [5.74, 6) is 1.15. The second kappa shape index (κ2) is 11.9. The monoisotopic (exact) mass is 516 g/mol. The zero-order valence-corrected chi connectivity index (χ0v) is 21.5. The molecule has 0 spiro atoms. The first-order valence-electron chi connectivity index (χ1n) is 13.1. The van der Waals surface area contributed by atoms with Crippen LogP contribution in [0, 0.1) is 0 Å². The predicted octanol–water partition coefficient (Wildman–Crippen LogP) is 4.44. The van der Waals surface area contributed by atoms with Crippen molar-refractivity contribution < 1.29 is 23.8 Å². The molecular weight excluding hydrogens is 484 g/mol. The third kappa shape index (κ3) is 5.72. The van der Waals surface area contributed by atoms with E-state index in [1.165, 1.54) is 29.9 Å². The molecule has 2 heterocycles. The number of fused-ring (bicyclic) bond motifs is 1. The largest absolute Gasteiger partial charge is 0.494 e. The van der Waals surface area contributed by atoms with E-state index in [2.05, 4.69) is 15.3 Å². The standard InChI is InChI=1S/C29H32N4O5/c1-2-36-24-11-7-6-10-22(24)27(28(34)32-21-8-4-3-5-9-21)33(29(35)23-17-30-14-15-31-23)18-20-12-13-25-26(16-20)38-19-37-25/h6-7,10-17,21,27H,2-5,8-9,18-19H2,1H3,(H,32,34)/t27-/m0/s1. The Morgan fingerprint density at radius 1 is 1.08 bits per heavy atom. The highest BCUT2D eigenvalue weighted by molar-refractivity contribution is 5.96. The topological polar surface area (TPSA) is 103 Å². The summed E-state index contributed by atoms with van der Waals surface area (Å²) >= 11 is 0. The van der Waals surface area contributed by atoms with Crippen LogP contribution in [0.1, 0.15) is 66.7 Å². The van der Waals surface area contributed by atoms with E-state index in [9.17, 15) is 9.59 Å². The number of nitrogens with zero attached hydrogens (tertiary/aromatic N) is 3. The van der Waals surface area contributed by atoms with Crippen molar-refractivity contribution in [1.82, 2.24) is 20.2 Å². The highest BCUT2D eigenvalue weighted by Gasteiger charge is 2.36. The van der Waals surface area contributed by atoms with Crippen LogP contribution in [0.4, 0.5) is 0 Å². The van der Waals surface area contributed by atoms with Gasteiger partial charge in [0.2, 0.25) is 12.7 Å². The van der Waals surface area contributed by atoms with E-state index in [0.717, 1.165) is 31.2 Å². The molecular formula is C29H32N4O5. The minimum atomic E-state index is -0.959. The number of hydrogen-bond acceptors (Lipinski definition) is 7. The quantitative estimate of drug-likeness (QED) is 0.449. The molecule has 0 unspecified atom stereocenters. The number of hydrogen-bond donors (Lipinski definition) is 1. The first-order chi connectivity index (χ1) is 18.6. The van der Waals surface area contributed by atoms with Gasteiger partial charge in [0.25, 0.3) is 5.91 Å². The molecule has 1 atom stereocenters. The van der Waals surface area contributed by atoms with Crippen LogP contribution in [0.5, 0.6) is 17.2 Å². The molecule has 2 amide bonds. The van der Waals surface area contributed by atoms with Gasteiger partial charge in [0.15, 0.2) is 11.5 Å². The van der Waals surface area contributed by atoms with E-state index in [1.807, 2.05) is 49.4 Å². The van der Waals surface area contributed by atoms with Crippen LogP contribution in [0.15, 0.2) is 61.1 Å². The van der Waals surface area contributed by atoms with E-state index in [1.54, 1.807) is 0 Å². The van der Waals surface area contributed by atoms with Gasteiger partial charge < -0.3 is 24.4 Å². The van der Waals surface area contributed by atoms with Crippen LogP contribution in [-0.4, -0.2) is 46.1 Å². The van der Waals surface area contributed by atoms with Gasteiger partial charge in [-0.15, -0.1) is 0 Å². The molecule has 2 aliphatic rings. The molecule has 0 saturated heterocycles. The number of ether oxygens (including phenoxy) is 3. The Bertz CT molecular complexity index is 1260. The molecule has 3 aromatic rings. The minimum Gasteiger partial charge on any atom is -0.494 e. The first-order valence-corrected chi connectivity index (χ1v) is 13.1. The second-order valence-electron chi connectivity index (χ2n) is 9.43. The highest BCUT2D eigenvalue weighted by atomic mass is 16.7. The van der Waals surface area contributed by atoms with Crippen LogP contribution in [0.2, 0.25) is 0 Å². The molecule has 0 bridgehead atoms. The summed E-state index contributed by atoms with van der Waals surface area (Å²) in [5.41, 5.74) is 1.55. The van der Waals surface area contributed by atoms with Gasteiger partial charge in [-0.2, -0.15) is 0 Å². The molecule has 1 aliphatic heterocycles. The number of para-hydroxylation sites is 1. The molecule has 5 rings (SSSR count). The smallest absolute Gasteiger partial charge is 0.275 e. The van der Waals surface area contributed by atoms with Crippen molar-refractivity contribution in [1.29, 1.82) is 0 Å². The maximum Gasteiger partial charge on any atom is 0.275 e. The van der Waals surface area contributed by atoms with Gasteiger partial charge in [-0.1, -0.05) is 43.5 Å². The molecule has 198 valence electrons. The summed E-state index contributed by atoms with van der Waals surface area (Å²) in [6.45, 7) is 2.60. The van der Waals surface area contributed by atoms with Crippen molar-refractivity contribution >= 4 is 11.8 Å². The van der Waals surface area contributed by atoms with Crippen LogP contribution in [-0.2, 0) is 11.3 Å². The van der Waals surface area contributed by atoms with Crippen molar-refractivity contribution in [2.45, 2.75) is 57.7 Å². The van der Waals surface area contributed by atoms with Gasteiger partial charge in [-0.25, -0.2) is 4.98 Å². The molecule has 9 heteroatoms. The van der Waals surface area contributed by atoms with Gasteiger partial charge in [0.05, 0.1) is 12.8 Å². The lowest BCUT2D eigenvalue weighted by molar-refractivity contribution is -0.127. The number of nitrogens with one attached hydrogen (secondary N) is 1. The van der Waals surface area contributed by atoms with E-state index < -0.39 is 11.9 Å². The average Bonchev–Trinajstić information content (AvgIpc) is 3.42. The molecule has 0 radical (unpaired) electrons. The minimum absolute atomic E-state index is 0.0667. The molecule has 38 heavy (non-hydrogen) atoms. The lowest BCUT2D eigenvalue weighted by atomic mass is 9.94. The van der Waals surface area contributed by atoms with Gasteiger partial charge >= 0.3 is 0 Å². The van der Waals surface area contributed by atoms with Crippen molar-refractivity contribution in [3.63, 3.8) is 0 Å². The van der Waals surface area contributed by atoms with E-state index in [0.29, 0.717) is 29.4 Å². The number of rotatable bonds is 9. The number of amides is 2. The van der Waals surface area contributed by atoms with E-state index in [4.69, 9.17) is 14.2 Å². The molecule has 1 saturated carbocycles. The lowest BCUT2D eigenvalue weighted by Gasteiger charge is -2.34. The summed E-state index contributed by atoms with van der Waals surface area (Å²) in [6, 6.07) is 12.0. The van der Waals surface area contributed by atoms with Crippen molar-refractivity contribution in [3.05, 3.63) is 77.9 Å². The normalized spacial score (nSPS) is 15.5. The zero-order chi connectivity index (χ0) is 26.3. The maximum absolute atomic E-state index is 14.1. The number of benzene rings is 2. The van der Waals surface area contributed by atoms with Gasteiger partial charge in [-0.05, 0) is 43.5 Å². The second-order valence-corrected chi connectivity index (χ2v) is 9.43. The Labute approximate surface area is 222 Å². The van der Waals surface area contributed by atoms with Crippen LogP contribution < -0.4 is 19.5 Å². The lowest BCUT2D eigenvalue weighted by Crippen LogP contribution is -2.47. The summed E-state index contributed by atoms with van der Waals surface area (Å²) in [6.07, 6.45) is 9.56. The molecule has 1 N–H and O–H groups in total. The fraction of sp³-hybridized carbons (Fsp3) is 0.379. The number of carbonyl (C=O) groups excluding carboxylic acids is 2. The molecule has 1 aliphatic carbocycles. The Hall–Kier alpha value is -4.14. The summed E-state index contributed by atoms with van der Waals surface area (Å²) in [7, 11) is 0. The SMILES string of the molecule is CCOc1ccccc1[C@@H](C(=O)NC1CCCCC1)N(Cc1ccc2c(c1)OCO2)C(=O)c1cnccn1. The number of aromatic nitrogens is 2. The Morgan fingerprint density at radius 3 is 2.68 bits per heavy atom. The maximum atomic E-state index is 14.1. The summed E-state index contributed by atoms with van der Waals surface area (Å²) in [4.78, 5) is 38.0. The van der Waals surface area contributed by atoms with Crippen LogP contribution in [0.3, 0.4) is 0 Å². The predicted molar refractivity (Wildman–Crippen MR) is 140 cm³/mol. The third-order valence-electron chi connectivity index (χ3n) is 6.86. The first kappa shape index (κ1) is 25.5. The van der Waals surface area contributed by atoms with E-state index >= 15 is 0 Å². The van der Waals surface area contributed by atoms with Crippen molar-refractivity contribution in [2.75, 3.05) is 13.4 Å². The van der Waals surface area contributed by atoms with Crippen molar-refractivity contribution in [3.8, 4) is 17.2 Å². The fourth-order valence-corrected chi connectivity index (χ4v) is 5.04. The molecule has 9 nitrogen and oxygen atoms in total. The molecule has 1 aromatic heterocycles. The Kier molecular flexibility index (Phi) is 8.01. The fourth-order valence-electron chi connectivity index (χ4n) is 5.04.